The monoisotopic (exact) mass is 247 g/mol. The number of hydrogen-bond donors (Lipinski definition) is 1. The van der Waals surface area contributed by atoms with Gasteiger partial charge in [-0.3, -0.25) is 4.79 Å². The predicted octanol–water partition coefficient (Wildman–Crippen LogP) is 3.05. The number of hydrogen-bond acceptors (Lipinski definition) is 3. The van der Waals surface area contributed by atoms with Crippen molar-refractivity contribution in [3.8, 4) is 10.6 Å². The van der Waals surface area contributed by atoms with E-state index in [0.717, 1.165) is 26.7 Å². The molecule has 4 heteroatoms. The first-order chi connectivity index (χ1) is 8.08. The molecule has 2 rings (SSSR count). The van der Waals surface area contributed by atoms with E-state index in [4.69, 9.17) is 5.11 Å². The summed E-state index contributed by atoms with van der Waals surface area (Å²) in [5, 5.41) is 9.70. The normalized spacial score (nSPS) is 10.5. The predicted molar refractivity (Wildman–Crippen MR) is 68.4 cm³/mol. The molecule has 0 amide bonds. The second-order valence-corrected chi connectivity index (χ2v) is 5.00. The summed E-state index contributed by atoms with van der Waals surface area (Å²) in [4.78, 5) is 16.0. The number of aryl methyl sites for hydroxylation is 2. The molecule has 0 aliphatic carbocycles. The van der Waals surface area contributed by atoms with Crippen molar-refractivity contribution in [2.45, 2.75) is 20.3 Å². The second-order valence-electron chi connectivity index (χ2n) is 3.91. The molecule has 88 valence electrons. The van der Waals surface area contributed by atoms with Crippen LogP contribution in [0.1, 0.15) is 16.1 Å². The van der Waals surface area contributed by atoms with Crippen LogP contribution < -0.4 is 0 Å². The maximum absolute atomic E-state index is 10.7. The van der Waals surface area contributed by atoms with Crippen LogP contribution in [0.4, 0.5) is 0 Å². The Bertz CT molecular complexity index is 560. The zero-order chi connectivity index (χ0) is 12.4. The molecule has 17 heavy (non-hydrogen) atoms. The Labute approximate surface area is 104 Å². The Morgan fingerprint density at radius 3 is 2.71 bits per heavy atom. The van der Waals surface area contributed by atoms with E-state index in [2.05, 4.69) is 4.98 Å². The zero-order valence-corrected chi connectivity index (χ0v) is 10.5. The first-order valence-corrected chi connectivity index (χ1v) is 6.13. The van der Waals surface area contributed by atoms with E-state index in [1.54, 1.807) is 0 Å². The second kappa shape index (κ2) is 4.67. The molecule has 1 N–H and O–H groups in total. The van der Waals surface area contributed by atoms with Crippen molar-refractivity contribution in [3.63, 3.8) is 0 Å². The van der Waals surface area contributed by atoms with Gasteiger partial charge in [-0.15, -0.1) is 11.3 Å². The molecule has 1 heterocycles. The van der Waals surface area contributed by atoms with E-state index >= 15 is 0 Å². The molecule has 0 bridgehead atoms. The number of carboxylic acid groups (broad SMARTS) is 1. The Morgan fingerprint density at radius 1 is 1.35 bits per heavy atom. The quantitative estimate of drug-likeness (QED) is 0.906. The third-order valence-corrected chi connectivity index (χ3v) is 3.77. The average Bonchev–Trinajstić information content (AvgIpc) is 2.60. The number of carbonyl (C=O) groups is 1. The summed E-state index contributed by atoms with van der Waals surface area (Å²) in [6.45, 7) is 3.89. The van der Waals surface area contributed by atoms with Gasteiger partial charge >= 0.3 is 5.97 Å². The van der Waals surface area contributed by atoms with Gasteiger partial charge in [-0.1, -0.05) is 24.3 Å². The van der Waals surface area contributed by atoms with Crippen molar-refractivity contribution in [1.82, 2.24) is 4.98 Å². The van der Waals surface area contributed by atoms with Crippen molar-refractivity contribution < 1.29 is 9.90 Å². The van der Waals surface area contributed by atoms with Crippen LogP contribution in [0.5, 0.6) is 0 Å². The van der Waals surface area contributed by atoms with Crippen molar-refractivity contribution >= 4 is 17.3 Å². The van der Waals surface area contributed by atoms with Gasteiger partial charge in [0, 0.05) is 10.4 Å². The summed E-state index contributed by atoms with van der Waals surface area (Å²) in [7, 11) is 0. The first-order valence-electron chi connectivity index (χ1n) is 5.32. The number of rotatable bonds is 3. The highest BCUT2D eigenvalue weighted by Gasteiger charge is 2.13. The molecule has 2 aromatic rings. The van der Waals surface area contributed by atoms with Gasteiger partial charge < -0.3 is 5.11 Å². The van der Waals surface area contributed by atoms with Crippen LogP contribution in [-0.2, 0) is 11.2 Å². The number of nitrogens with zero attached hydrogens (tertiary/aromatic N) is 1. The van der Waals surface area contributed by atoms with Crippen molar-refractivity contribution in [2.24, 2.45) is 0 Å². The molecule has 0 atom stereocenters. The summed E-state index contributed by atoms with van der Waals surface area (Å²) in [5.74, 6) is -0.812. The fourth-order valence-electron chi connectivity index (χ4n) is 1.66. The van der Waals surface area contributed by atoms with Gasteiger partial charge in [0.1, 0.15) is 5.01 Å². The maximum atomic E-state index is 10.7. The van der Waals surface area contributed by atoms with Gasteiger partial charge in [0.2, 0.25) is 0 Å². The number of carboxylic acids is 1. The standard InChI is InChI=1S/C13H13NO2S/c1-8-5-3-4-6-10(8)13-14-9(2)11(17-13)7-12(15)16/h3-6H,7H2,1-2H3,(H,15,16). The van der Waals surface area contributed by atoms with Gasteiger partial charge in [-0.25, -0.2) is 4.98 Å². The largest absolute Gasteiger partial charge is 0.481 e. The minimum atomic E-state index is -0.812. The highest BCUT2D eigenvalue weighted by Crippen LogP contribution is 2.30. The molecular weight excluding hydrogens is 234 g/mol. The molecule has 0 aliphatic rings. The smallest absolute Gasteiger partial charge is 0.308 e. The highest BCUT2D eigenvalue weighted by molar-refractivity contribution is 7.15. The maximum Gasteiger partial charge on any atom is 0.308 e. The van der Waals surface area contributed by atoms with E-state index in [9.17, 15) is 4.79 Å². The molecule has 0 saturated heterocycles. The summed E-state index contributed by atoms with van der Waals surface area (Å²) in [6, 6.07) is 7.99. The Balaban J connectivity index is 2.41. The summed E-state index contributed by atoms with van der Waals surface area (Å²) in [6.07, 6.45) is 0.0510. The lowest BCUT2D eigenvalue weighted by molar-refractivity contribution is -0.136. The van der Waals surface area contributed by atoms with Gasteiger partial charge in [-0.2, -0.15) is 0 Å². The fraction of sp³-hybridized carbons (Fsp3) is 0.231. The van der Waals surface area contributed by atoms with Gasteiger partial charge in [0.25, 0.3) is 0 Å². The molecule has 0 aliphatic heterocycles. The molecule has 0 spiro atoms. The molecule has 0 saturated carbocycles. The van der Waals surface area contributed by atoms with Crippen LogP contribution in [0.25, 0.3) is 10.6 Å². The number of aromatic nitrogens is 1. The summed E-state index contributed by atoms with van der Waals surface area (Å²) >= 11 is 1.46. The van der Waals surface area contributed by atoms with Gasteiger partial charge in [0.15, 0.2) is 0 Å². The van der Waals surface area contributed by atoms with Crippen molar-refractivity contribution in [2.75, 3.05) is 0 Å². The Morgan fingerprint density at radius 2 is 2.06 bits per heavy atom. The van der Waals surface area contributed by atoms with Crippen LogP contribution in [-0.4, -0.2) is 16.1 Å². The molecule has 1 aromatic heterocycles. The van der Waals surface area contributed by atoms with Gasteiger partial charge in [0.05, 0.1) is 12.1 Å². The number of aliphatic carboxylic acids is 1. The number of benzene rings is 1. The van der Waals surface area contributed by atoms with E-state index in [-0.39, 0.29) is 6.42 Å². The summed E-state index contributed by atoms with van der Waals surface area (Å²) < 4.78 is 0. The Kier molecular flexibility index (Phi) is 3.24. The lowest BCUT2D eigenvalue weighted by Crippen LogP contribution is -1.99. The minimum Gasteiger partial charge on any atom is -0.481 e. The first kappa shape index (κ1) is 11.8. The van der Waals surface area contributed by atoms with E-state index in [0.29, 0.717) is 0 Å². The van der Waals surface area contributed by atoms with E-state index in [1.165, 1.54) is 11.3 Å². The lowest BCUT2D eigenvalue weighted by atomic mass is 10.1. The highest BCUT2D eigenvalue weighted by atomic mass is 32.1. The molecular formula is C13H13NO2S. The lowest BCUT2D eigenvalue weighted by Gasteiger charge is -1.99. The summed E-state index contributed by atoms with van der Waals surface area (Å²) in [5.41, 5.74) is 3.05. The van der Waals surface area contributed by atoms with Crippen LogP contribution in [0.2, 0.25) is 0 Å². The molecule has 3 nitrogen and oxygen atoms in total. The average molecular weight is 247 g/mol. The SMILES string of the molecule is Cc1ccccc1-c1nc(C)c(CC(=O)O)s1. The molecule has 0 fully saturated rings. The van der Waals surface area contributed by atoms with Crippen LogP contribution >= 0.6 is 11.3 Å². The topological polar surface area (TPSA) is 50.2 Å². The zero-order valence-electron chi connectivity index (χ0n) is 9.73. The van der Waals surface area contributed by atoms with Crippen LogP contribution in [0.3, 0.4) is 0 Å². The van der Waals surface area contributed by atoms with Crippen molar-refractivity contribution in [3.05, 3.63) is 40.4 Å². The van der Waals surface area contributed by atoms with E-state index in [1.807, 2.05) is 38.1 Å². The third kappa shape index (κ3) is 2.53. The Hall–Kier alpha value is -1.68. The van der Waals surface area contributed by atoms with Crippen LogP contribution in [0.15, 0.2) is 24.3 Å². The molecule has 0 radical (unpaired) electrons. The minimum absolute atomic E-state index is 0.0510. The molecule has 1 aromatic carbocycles. The van der Waals surface area contributed by atoms with Crippen molar-refractivity contribution in [1.29, 1.82) is 0 Å². The van der Waals surface area contributed by atoms with E-state index < -0.39 is 5.97 Å². The fourth-order valence-corrected chi connectivity index (χ4v) is 2.80. The van der Waals surface area contributed by atoms with Crippen LogP contribution in [0, 0.1) is 13.8 Å². The third-order valence-electron chi connectivity index (χ3n) is 2.58. The number of thiazole rings is 1. The van der Waals surface area contributed by atoms with Gasteiger partial charge in [-0.05, 0) is 19.4 Å². The molecule has 0 unspecified atom stereocenters.